The van der Waals surface area contributed by atoms with E-state index in [1.54, 1.807) is 0 Å². The molecule has 0 atom stereocenters. The van der Waals surface area contributed by atoms with Gasteiger partial charge in [-0.2, -0.15) is 0 Å². The molecule has 15 heavy (non-hydrogen) atoms. The number of hydrogen-bond acceptors (Lipinski definition) is 2. The minimum absolute atomic E-state index is 0.0458. The van der Waals surface area contributed by atoms with Crippen molar-refractivity contribution in [1.82, 2.24) is 10.6 Å². The van der Waals surface area contributed by atoms with E-state index in [0.717, 1.165) is 13.0 Å². The zero-order valence-electron chi connectivity index (χ0n) is 10.1. The lowest BCUT2D eigenvalue weighted by atomic mass is 9.96. The Hall–Kier alpha value is -0.640. The van der Waals surface area contributed by atoms with E-state index in [1.165, 1.54) is 12.8 Å². The molecule has 0 unspecified atom stereocenters. The van der Waals surface area contributed by atoms with E-state index < -0.39 is 5.41 Å². The summed E-state index contributed by atoms with van der Waals surface area (Å²) in [6.07, 6.45) is 3.45. The minimum Gasteiger partial charge on any atom is -0.362 e. The Morgan fingerprint density at radius 3 is 2.33 bits per heavy atom. The van der Waals surface area contributed by atoms with Crippen molar-refractivity contribution in [3.63, 3.8) is 0 Å². The molecule has 0 aliphatic heterocycles. The second-order valence-corrected chi connectivity index (χ2v) is 5.08. The lowest BCUT2D eigenvalue weighted by Crippen LogP contribution is -2.44. The van der Waals surface area contributed by atoms with Crippen molar-refractivity contribution < 1.29 is 4.79 Å². The third kappa shape index (κ3) is 7.31. The Morgan fingerprint density at radius 1 is 1.27 bits per heavy atom. The van der Waals surface area contributed by atoms with Crippen LogP contribution in [-0.2, 0) is 4.79 Å². The molecule has 0 rings (SSSR count). The van der Waals surface area contributed by atoms with Crippen LogP contribution in [0.2, 0.25) is 0 Å². The summed E-state index contributed by atoms with van der Waals surface area (Å²) >= 11 is 5.01. The van der Waals surface area contributed by atoms with Gasteiger partial charge in [-0.15, -0.1) is 0 Å². The first-order chi connectivity index (χ1) is 6.88. The SMILES string of the molecule is CCCCCNC(=S)NC(=O)C(C)(C)C. The fourth-order valence-corrected chi connectivity index (χ4v) is 1.11. The van der Waals surface area contributed by atoms with Gasteiger partial charge >= 0.3 is 0 Å². The zero-order valence-corrected chi connectivity index (χ0v) is 11.0. The largest absolute Gasteiger partial charge is 0.362 e. The van der Waals surface area contributed by atoms with Gasteiger partial charge in [0.15, 0.2) is 5.11 Å². The highest BCUT2D eigenvalue weighted by molar-refractivity contribution is 7.80. The molecule has 0 aromatic rings. The molecule has 0 saturated heterocycles. The smallest absolute Gasteiger partial charge is 0.231 e. The molecule has 0 aromatic heterocycles. The van der Waals surface area contributed by atoms with E-state index in [4.69, 9.17) is 12.2 Å². The molecule has 2 N–H and O–H groups in total. The molecular weight excluding hydrogens is 208 g/mol. The third-order valence-electron chi connectivity index (χ3n) is 1.97. The Bertz CT molecular complexity index is 221. The van der Waals surface area contributed by atoms with E-state index >= 15 is 0 Å². The van der Waals surface area contributed by atoms with Crippen LogP contribution in [-0.4, -0.2) is 17.6 Å². The highest BCUT2D eigenvalue weighted by Gasteiger charge is 2.21. The van der Waals surface area contributed by atoms with Crippen molar-refractivity contribution in [2.75, 3.05) is 6.54 Å². The molecule has 3 nitrogen and oxygen atoms in total. The average molecular weight is 230 g/mol. The Morgan fingerprint density at radius 2 is 1.87 bits per heavy atom. The molecule has 0 spiro atoms. The van der Waals surface area contributed by atoms with Gasteiger partial charge in [0.05, 0.1) is 0 Å². The van der Waals surface area contributed by atoms with Crippen molar-refractivity contribution in [2.45, 2.75) is 47.0 Å². The van der Waals surface area contributed by atoms with Gasteiger partial charge in [0.2, 0.25) is 5.91 Å². The summed E-state index contributed by atoms with van der Waals surface area (Å²) < 4.78 is 0. The van der Waals surface area contributed by atoms with Gasteiger partial charge < -0.3 is 10.6 Å². The zero-order chi connectivity index (χ0) is 11.9. The van der Waals surface area contributed by atoms with E-state index in [1.807, 2.05) is 20.8 Å². The molecule has 0 bridgehead atoms. The topological polar surface area (TPSA) is 41.1 Å². The van der Waals surface area contributed by atoms with Crippen molar-refractivity contribution in [2.24, 2.45) is 5.41 Å². The Labute approximate surface area is 98.0 Å². The molecule has 1 amide bonds. The van der Waals surface area contributed by atoms with Crippen LogP contribution in [0.4, 0.5) is 0 Å². The first kappa shape index (κ1) is 14.4. The summed E-state index contributed by atoms with van der Waals surface area (Å²) in [5, 5.41) is 6.13. The van der Waals surface area contributed by atoms with E-state index in [9.17, 15) is 4.79 Å². The number of unbranched alkanes of at least 4 members (excludes halogenated alkanes) is 2. The van der Waals surface area contributed by atoms with Crippen LogP contribution >= 0.6 is 12.2 Å². The van der Waals surface area contributed by atoms with Crippen LogP contribution in [0, 0.1) is 5.41 Å². The summed E-state index contributed by atoms with van der Waals surface area (Å²) in [6, 6.07) is 0. The lowest BCUT2D eigenvalue weighted by Gasteiger charge is -2.18. The summed E-state index contributed by atoms with van der Waals surface area (Å²) in [7, 11) is 0. The van der Waals surface area contributed by atoms with Crippen LogP contribution in [0.3, 0.4) is 0 Å². The van der Waals surface area contributed by atoms with E-state index in [-0.39, 0.29) is 5.91 Å². The molecule has 0 heterocycles. The highest BCUT2D eigenvalue weighted by Crippen LogP contribution is 2.11. The maximum Gasteiger partial charge on any atom is 0.231 e. The van der Waals surface area contributed by atoms with Crippen LogP contribution < -0.4 is 10.6 Å². The Kier molecular flexibility index (Phi) is 6.48. The quantitative estimate of drug-likeness (QED) is 0.575. The molecule has 4 heteroatoms. The molecule has 0 fully saturated rings. The molecule has 0 aromatic carbocycles. The number of thiocarbonyl (C=S) groups is 1. The third-order valence-corrected chi connectivity index (χ3v) is 2.22. The summed E-state index contributed by atoms with van der Waals surface area (Å²) in [6.45, 7) is 8.57. The standard InChI is InChI=1S/C11H22N2OS/c1-5-6-7-8-12-10(15)13-9(14)11(2,3)4/h5-8H2,1-4H3,(H2,12,13,14,15). The van der Waals surface area contributed by atoms with Gasteiger partial charge in [-0.3, -0.25) is 4.79 Å². The number of hydrogen-bond donors (Lipinski definition) is 2. The van der Waals surface area contributed by atoms with Gasteiger partial charge in [0, 0.05) is 12.0 Å². The summed E-state index contributed by atoms with van der Waals surface area (Å²) in [5.41, 5.74) is -0.394. The van der Waals surface area contributed by atoms with Gasteiger partial charge in [-0.1, -0.05) is 40.5 Å². The number of amides is 1. The molecule has 0 aliphatic rings. The van der Waals surface area contributed by atoms with Crippen molar-refractivity contribution >= 4 is 23.2 Å². The van der Waals surface area contributed by atoms with Crippen LogP contribution in [0.1, 0.15) is 47.0 Å². The molecule has 0 saturated carbocycles. The van der Waals surface area contributed by atoms with Gasteiger partial charge in [-0.05, 0) is 18.6 Å². The predicted octanol–water partition coefficient (Wildman–Crippen LogP) is 2.21. The van der Waals surface area contributed by atoms with Crippen molar-refractivity contribution in [3.05, 3.63) is 0 Å². The maximum absolute atomic E-state index is 11.5. The molecule has 0 radical (unpaired) electrons. The molecule has 88 valence electrons. The summed E-state index contributed by atoms with van der Waals surface area (Å²) in [5.74, 6) is -0.0458. The Balaban J connectivity index is 3.71. The summed E-state index contributed by atoms with van der Waals surface area (Å²) in [4.78, 5) is 11.5. The second kappa shape index (κ2) is 6.77. The second-order valence-electron chi connectivity index (χ2n) is 4.67. The number of carbonyl (C=O) groups is 1. The van der Waals surface area contributed by atoms with Gasteiger partial charge in [0.1, 0.15) is 0 Å². The van der Waals surface area contributed by atoms with Crippen LogP contribution in [0.15, 0.2) is 0 Å². The number of nitrogens with one attached hydrogen (secondary N) is 2. The van der Waals surface area contributed by atoms with Crippen LogP contribution in [0.5, 0.6) is 0 Å². The average Bonchev–Trinajstić information content (AvgIpc) is 2.11. The predicted molar refractivity (Wildman–Crippen MR) is 67.7 cm³/mol. The first-order valence-electron chi connectivity index (χ1n) is 5.47. The molecule has 0 aliphatic carbocycles. The first-order valence-corrected chi connectivity index (χ1v) is 5.88. The fourth-order valence-electron chi connectivity index (χ4n) is 0.912. The normalized spacial score (nSPS) is 10.9. The minimum atomic E-state index is -0.394. The lowest BCUT2D eigenvalue weighted by molar-refractivity contribution is -0.126. The maximum atomic E-state index is 11.5. The number of carbonyl (C=O) groups excluding carboxylic acids is 1. The van der Waals surface area contributed by atoms with Crippen molar-refractivity contribution in [1.29, 1.82) is 0 Å². The van der Waals surface area contributed by atoms with Crippen LogP contribution in [0.25, 0.3) is 0 Å². The number of rotatable bonds is 4. The van der Waals surface area contributed by atoms with E-state index in [0.29, 0.717) is 5.11 Å². The van der Waals surface area contributed by atoms with Gasteiger partial charge in [-0.25, -0.2) is 0 Å². The molecular formula is C11H22N2OS. The van der Waals surface area contributed by atoms with E-state index in [2.05, 4.69) is 17.6 Å². The van der Waals surface area contributed by atoms with Crippen molar-refractivity contribution in [3.8, 4) is 0 Å². The fraction of sp³-hybridized carbons (Fsp3) is 0.818. The van der Waals surface area contributed by atoms with Gasteiger partial charge in [0.25, 0.3) is 0 Å². The highest BCUT2D eigenvalue weighted by atomic mass is 32.1. The monoisotopic (exact) mass is 230 g/mol.